The van der Waals surface area contributed by atoms with Crippen LogP contribution in [-0.4, -0.2) is 50.5 Å². The SMILES string of the molecule is CN(CCc1ccc(C#N)cc1)C(=O)CCNCS(=O)(=O)C1CC1. The van der Waals surface area contributed by atoms with E-state index in [2.05, 4.69) is 11.4 Å². The summed E-state index contributed by atoms with van der Waals surface area (Å²) in [5.41, 5.74) is 1.69. The van der Waals surface area contributed by atoms with Gasteiger partial charge in [0.2, 0.25) is 5.91 Å². The lowest BCUT2D eigenvalue weighted by Crippen LogP contribution is -2.33. The van der Waals surface area contributed by atoms with Gasteiger partial charge in [0.1, 0.15) is 0 Å². The number of benzene rings is 1. The Kier molecular flexibility index (Phi) is 6.35. The lowest BCUT2D eigenvalue weighted by atomic mass is 10.1. The number of carbonyl (C=O) groups is 1. The van der Waals surface area contributed by atoms with E-state index in [1.54, 1.807) is 24.1 Å². The minimum absolute atomic E-state index is 0.0139. The summed E-state index contributed by atoms with van der Waals surface area (Å²) in [6.45, 7) is 0.955. The molecule has 24 heavy (non-hydrogen) atoms. The van der Waals surface area contributed by atoms with Crippen molar-refractivity contribution in [1.82, 2.24) is 10.2 Å². The standard InChI is InChI=1S/C17H23N3O3S/c1-20(11-9-14-2-4-15(12-18)5-3-14)17(21)8-10-19-13-24(22,23)16-6-7-16/h2-5,16,19H,6-11,13H2,1H3. The molecule has 130 valence electrons. The van der Waals surface area contributed by atoms with Crippen LogP contribution in [0.2, 0.25) is 0 Å². The average Bonchev–Trinajstić information content (AvgIpc) is 3.42. The van der Waals surface area contributed by atoms with E-state index in [0.717, 1.165) is 24.8 Å². The highest BCUT2D eigenvalue weighted by Crippen LogP contribution is 2.28. The first-order chi connectivity index (χ1) is 11.4. The Hall–Kier alpha value is -1.91. The molecule has 0 unspecified atom stereocenters. The van der Waals surface area contributed by atoms with Crippen LogP contribution in [0.4, 0.5) is 0 Å². The van der Waals surface area contributed by atoms with Crippen LogP contribution in [0.3, 0.4) is 0 Å². The van der Waals surface area contributed by atoms with Gasteiger partial charge >= 0.3 is 0 Å². The molecule has 2 rings (SSSR count). The van der Waals surface area contributed by atoms with Crippen LogP contribution in [0.5, 0.6) is 0 Å². The second-order valence-corrected chi connectivity index (χ2v) is 8.41. The van der Waals surface area contributed by atoms with E-state index in [1.807, 2.05) is 12.1 Å². The summed E-state index contributed by atoms with van der Waals surface area (Å²) in [4.78, 5) is 13.7. The lowest BCUT2D eigenvalue weighted by molar-refractivity contribution is -0.129. The molecule has 0 radical (unpaired) electrons. The van der Waals surface area contributed by atoms with Crippen molar-refractivity contribution in [2.45, 2.75) is 30.9 Å². The van der Waals surface area contributed by atoms with Crippen molar-refractivity contribution in [2.75, 3.05) is 26.0 Å². The Morgan fingerprint density at radius 1 is 1.33 bits per heavy atom. The van der Waals surface area contributed by atoms with E-state index >= 15 is 0 Å². The lowest BCUT2D eigenvalue weighted by Gasteiger charge is -2.17. The highest BCUT2D eigenvalue weighted by molar-refractivity contribution is 7.92. The first-order valence-corrected chi connectivity index (χ1v) is 9.79. The molecule has 0 atom stereocenters. The predicted molar refractivity (Wildman–Crippen MR) is 91.9 cm³/mol. The van der Waals surface area contributed by atoms with Crippen LogP contribution in [0.1, 0.15) is 30.4 Å². The number of nitrogens with one attached hydrogen (secondary N) is 1. The zero-order valence-corrected chi connectivity index (χ0v) is 14.7. The van der Waals surface area contributed by atoms with Gasteiger partial charge in [-0.15, -0.1) is 0 Å². The first-order valence-electron chi connectivity index (χ1n) is 8.07. The van der Waals surface area contributed by atoms with Crippen LogP contribution >= 0.6 is 0 Å². The number of carbonyl (C=O) groups excluding carboxylic acids is 1. The fraction of sp³-hybridized carbons (Fsp3) is 0.529. The zero-order chi connectivity index (χ0) is 17.6. The van der Waals surface area contributed by atoms with Crippen molar-refractivity contribution in [2.24, 2.45) is 0 Å². The van der Waals surface area contributed by atoms with Crippen LogP contribution in [-0.2, 0) is 21.1 Å². The van der Waals surface area contributed by atoms with Gasteiger partial charge in [-0.05, 0) is 37.0 Å². The predicted octanol–water partition coefficient (Wildman–Crippen LogP) is 1.07. The highest BCUT2D eigenvalue weighted by atomic mass is 32.2. The Morgan fingerprint density at radius 3 is 2.58 bits per heavy atom. The summed E-state index contributed by atoms with van der Waals surface area (Å²) in [5.74, 6) is -0.0557. The van der Waals surface area contributed by atoms with Gasteiger partial charge in [-0.25, -0.2) is 8.42 Å². The van der Waals surface area contributed by atoms with Crippen molar-refractivity contribution in [3.8, 4) is 6.07 Å². The summed E-state index contributed by atoms with van der Waals surface area (Å²) in [7, 11) is -1.27. The minimum Gasteiger partial charge on any atom is -0.345 e. The average molecular weight is 349 g/mol. The molecule has 0 saturated heterocycles. The number of rotatable bonds is 9. The fourth-order valence-corrected chi connectivity index (χ4v) is 3.83. The molecule has 0 spiro atoms. The topological polar surface area (TPSA) is 90.3 Å². The van der Waals surface area contributed by atoms with E-state index in [0.29, 0.717) is 18.7 Å². The number of nitrogens with zero attached hydrogens (tertiary/aromatic N) is 2. The molecule has 0 heterocycles. The van der Waals surface area contributed by atoms with Crippen LogP contribution in [0, 0.1) is 11.3 Å². The molecular weight excluding hydrogens is 326 g/mol. The molecule has 6 nitrogen and oxygen atoms in total. The van der Waals surface area contributed by atoms with Crippen molar-refractivity contribution < 1.29 is 13.2 Å². The van der Waals surface area contributed by atoms with Crippen molar-refractivity contribution >= 4 is 15.7 Å². The Balaban J connectivity index is 1.65. The third kappa shape index (κ3) is 5.62. The van der Waals surface area contributed by atoms with Gasteiger partial charge in [-0.2, -0.15) is 5.26 Å². The van der Waals surface area contributed by atoms with E-state index < -0.39 is 9.84 Å². The minimum atomic E-state index is -3.02. The number of sulfone groups is 1. The molecule has 7 heteroatoms. The molecule has 1 aromatic carbocycles. The summed E-state index contributed by atoms with van der Waals surface area (Å²) in [6, 6.07) is 9.38. The normalized spacial score (nSPS) is 14.2. The number of hydrogen-bond donors (Lipinski definition) is 1. The summed E-state index contributed by atoms with van der Waals surface area (Å²) < 4.78 is 23.4. The van der Waals surface area contributed by atoms with Gasteiger partial charge in [-0.3, -0.25) is 4.79 Å². The molecule has 0 aliphatic heterocycles. The largest absolute Gasteiger partial charge is 0.345 e. The van der Waals surface area contributed by atoms with Gasteiger partial charge in [0.25, 0.3) is 0 Å². The quantitative estimate of drug-likeness (QED) is 0.674. The highest BCUT2D eigenvalue weighted by Gasteiger charge is 2.34. The number of likely N-dealkylation sites (N-methyl/N-ethyl adjacent to an activating group) is 1. The summed E-state index contributed by atoms with van der Waals surface area (Å²) >= 11 is 0. The van der Waals surface area contributed by atoms with E-state index in [4.69, 9.17) is 5.26 Å². The monoisotopic (exact) mass is 349 g/mol. The molecule has 0 bridgehead atoms. The molecule has 1 amide bonds. The maximum absolute atomic E-state index is 12.0. The Bertz CT molecular complexity index is 704. The van der Waals surface area contributed by atoms with Crippen molar-refractivity contribution in [1.29, 1.82) is 5.26 Å². The second kappa shape index (κ2) is 8.27. The van der Waals surface area contributed by atoms with Crippen molar-refractivity contribution in [3.63, 3.8) is 0 Å². The third-order valence-corrected chi connectivity index (χ3v) is 6.19. The van der Waals surface area contributed by atoms with Gasteiger partial charge in [0.05, 0.1) is 22.8 Å². The number of nitriles is 1. The fourth-order valence-electron chi connectivity index (χ4n) is 2.31. The van der Waals surface area contributed by atoms with Crippen molar-refractivity contribution in [3.05, 3.63) is 35.4 Å². The van der Waals surface area contributed by atoms with Gasteiger partial charge in [0.15, 0.2) is 9.84 Å². The van der Waals surface area contributed by atoms with Gasteiger partial charge in [-0.1, -0.05) is 12.1 Å². The molecule has 1 fully saturated rings. The smallest absolute Gasteiger partial charge is 0.223 e. The third-order valence-electron chi connectivity index (χ3n) is 4.10. The molecule has 1 aromatic rings. The molecule has 1 aliphatic carbocycles. The second-order valence-electron chi connectivity index (χ2n) is 6.13. The molecule has 0 aromatic heterocycles. The zero-order valence-electron chi connectivity index (χ0n) is 13.9. The van der Waals surface area contributed by atoms with Crippen LogP contribution < -0.4 is 5.32 Å². The van der Waals surface area contributed by atoms with Gasteiger partial charge < -0.3 is 10.2 Å². The first kappa shape index (κ1) is 18.4. The number of amides is 1. The van der Waals surface area contributed by atoms with E-state index in [-0.39, 0.29) is 23.5 Å². The number of hydrogen-bond acceptors (Lipinski definition) is 5. The molecular formula is C17H23N3O3S. The molecule has 1 aliphatic rings. The van der Waals surface area contributed by atoms with E-state index in [9.17, 15) is 13.2 Å². The maximum atomic E-state index is 12.0. The summed E-state index contributed by atoms with van der Waals surface area (Å²) in [6.07, 6.45) is 2.53. The van der Waals surface area contributed by atoms with Crippen LogP contribution in [0.15, 0.2) is 24.3 Å². The maximum Gasteiger partial charge on any atom is 0.223 e. The summed E-state index contributed by atoms with van der Waals surface area (Å²) in [5, 5.41) is 11.4. The van der Waals surface area contributed by atoms with Gasteiger partial charge in [0, 0.05) is 26.6 Å². The van der Waals surface area contributed by atoms with Crippen LogP contribution in [0.25, 0.3) is 0 Å². The molecule has 1 saturated carbocycles. The Morgan fingerprint density at radius 2 is 2.00 bits per heavy atom. The Labute approximate surface area is 143 Å². The van der Waals surface area contributed by atoms with E-state index in [1.165, 1.54) is 0 Å². The molecule has 1 N–H and O–H groups in total.